The molecule has 0 bridgehead atoms. The molecule has 3 rings (SSSR count). The van der Waals surface area contributed by atoms with Gasteiger partial charge in [-0.05, 0) is 32.1 Å². The fourth-order valence-electron chi connectivity index (χ4n) is 2.40. The van der Waals surface area contributed by atoms with Crippen LogP contribution >= 0.6 is 0 Å². The van der Waals surface area contributed by atoms with E-state index in [1.165, 1.54) is 25.7 Å². The monoisotopic (exact) mass is 246 g/mol. The van der Waals surface area contributed by atoms with Crippen LogP contribution in [0.25, 0.3) is 0 Å². The van der Waals surface area contributed by atoms with Crippen LogP contribution in [0.2, 0.25) is 0 Å². The molecule has 2 aliphatic rings. The number of hydrogen-bond acceptors (Lipinski definition) is 4. The van der Waals surface area contributed by atoms with Gasteiger partial charge >= 0.3 is 0 Å². The molecule has 1 aromatic rings. The van der Waals surface area contributed by atoms with E-state index in [2.05, 4.69) is 34.4 Å². The van der Waals surface area contributed by atoms with Crippen LogP contribution in [0, 0.1) is 5.92 Å². The van der Waals surface area contributed by atoms with Crippen LogP contribution in [0.15, 0.2) is 6.07 Å². The Kier molecular flexibility index (Phi) is 3.10. The van der Waals surface area contributed by atoms with Gasteiger partial charge in [-0.25, -0.2) is 9.97 Å². The Morgan fingerprint density at radius 2 is 2.00 bits per heavy atom. The van der Waals surface area contributed by atoms with Gasteiger partial charge in [0.25, 0.3) is 0 Å². The third kappa shape index (κ3) is 2.57. The zero-order chi connectivity index (χ0) is 12.5. The Morgan fingerprint density at radius 1 is 1.22 bits per heavy atom. The highest BCUT2D eigenvalue weighted by Gasteiger charge is 2.36. The van der Waals surface area contributed by atoms with Crippen molar-refractivity contribution in [2.24, 2.45) is 5.92 Å². The highest BCUT2D eigenvalue weighted by molar-refractivity contribution is 5.49. The summed E-state index contributed by atoms with van der Waals surface area (Å²) in [5, 5.41) is 6.85. The molecule has 4 nitrogen and oxygen atoms in total. The van der Waals surface area contributed by atoms with E-state index in [1.807, 2.05) is 6.07 Å². The first-order valence-corrected chi connectivity index (χ1v) is 7.19. The SMILES string of the molecule is CCNc1cc(NC2CC2CC)nc(C2CC2)n1. The summed E-state index contributed by atoms with van der Waals surface area (Å²) in [5.74, 6) is 4.43. The molecule has 2 fully saturated rings. The molecule has 2 atom stereocenters. The minimum atomic E-state index is 0.602. The van der Waals surface area contributed by atoms with Crippen LogP contribution in [0.3, 0.4) is 0 Å². The Bertz CT molecular complexity index is 428. The van der Waals surface area contributed by atoms with E-state index < -0.39 is 0 Å². The molecule has 98 valence electrons. The lowest BCUT2D eigenvalue weighted by molar-refractivity contribution is 0.772. The van der Waals surface area contributed by atoms with Crippen LogP contribution in [-0.4, -0.2) is 22.6 Å². The van der Waals surface area contributed by atoms with Gasteiger partial charge in [-0.1, -0.05) is 13.3 Å². The molecule has 0 saturated heterocycles. The topological polar surface area (TPSA) is 49.8 Å². The van der Waals surface area contributed by atoms with Crippen LogP contribution < -0.4 is 10.6 Å². The van der Waals surface area contributed by atoms with E-state index in [4.69, 9.17) is 0 Å². The molecular formula is C14H22N4. The summed E-state index contributed by atoms with van der Waals surface area (Å²) in [7, 11) is 0. The van der Waals surface area contributed by atoms with Gasteiger partial charge in [-0.15, -0.1) is 0 Å². The molecule has 1 aromatic heterocycles. The maximum Gasteiger partial charge on any atom is 0.136 e. The van der Waals surface area contributed by atoms with Crippen LogP contribution in [0.1, 0.15) is 51.3 Å². The van der Waals surface area contributed by atoms with Crippen molar-refractivity contribution in [1.29, 1.82) is 0 Å². The van der Waals surface area contributed by atoms with Gasteiger partial charge in [0.1, 0.15) is 17.5 Å². The van der Waals surface area contributed by atoms with Crippen molar-refractivity contribution in [3.05, 3.63) is 11.9 Å². The molecule has 2 aliphatic carbocycles. The zero-order valence-corrected chi connectivity index (χ0v) is 11.2. The standard InChI is InChI=1S/C14H22N4/c1-3-9-7-11(9)16-13-8-12(15-4-2)17-14(18-13)10-5-6-10/h8-11H,3-7H2,1-2H3,(H2,15,16,17,18). The Hall–Kier alpha value is -1.32. The van der Waals surface area contributed by atoms with Crippen molar-refractivity contribution in [1.82, 2.24) is 9.97 Å². The summed E-state index contributed by atoms with van der Waals surface area (Å²) in [5.41, 5.74) is 0. The Labute approximate surface area is 109 Å². The van der Waals surface area contributed by atoms with Gasteiger partial charge in [0.05, 0.1) is 0 Å². The molecule has 0 spiro atoms. The second kappa shape index (κ2) is 4.75. The summed E-state index contributed by atoms with van der Waals surface area (Å²) in [6.45, 7) is 5.26. The first kappa shape index (κ1) is 11.8. The molecule has 0 aromatic carbocycles. The van der Waals surface area contributed by atoms with Crippen LogP contribution in [0.5, 0.6) is 0 Å². The second-order valence-electron chi connectivity index (χ2n) is 5.46. The van der Waals surface area contributed by atoms with Crippen LogP contribution in [0.4, 0.5) is 11.6 Å². The van der Waals surface area contributed by atoms with E-state index in [-0.39, 0.29) is 0 Å². The first-order chi connectivity index (χ1) is 8.80. The van der Waals surface area contributed by atoms with Gasteiger partial charge in [-0.2, -0.15) is 0 Å². The lowest BCUT2D eigenvalue weighted by atomic mass is 10.3. The van der Waals surface area contributed by atoms with Gasteiger partial charge < -0.3 is 10.6 Å². The molecule has 4 heteroatoms. The van der Waals surface area contributed by atoms with E-state index in [1.54, 1.807) is 0 Å². The average molecular weight is 246 g/mol. The average Bonchev–Trinajstić information content (AvgIpc) is 3.24. The number of hydrogen-bond donors (Lipinski definition) is 2. The predicted octanol–water partition coefficient (Wildman–Crippen LogP) is 3.00. The van der Waals surface area contributed by atoms with Crippen molar-refractivity contribution in [2.75, 3.05) is 17.2 Å². The van der Waals surface area contributed by atoms with Gasteiger partial charge in [-0.3, -0.25) is 0 Å². The summed E-state index contributed by atoms with van der Waals surface area (Å²) < 4.78 is 0. The summed E-state index contributed by atoms with van der Waals surface area (Å²) >= 11 is 0. The highest BCUT2D eigenvalue weighted by atomic mass is 15.1. The minimum Gasteiger partial charge on any atom is -0.370 e. The zero-order valence-electron chi connectivity index (χ0n) is 11.2. The lowest BCUT2D eigenvalue weighted by Gasteiger charge is -2.10. The number of rotatable bonds is 6. The van der Waals surface area contributed by atoms with Gasteiger partial charge in [0.15, 0.2) is 0 Å². The van der Waals surface area contributed by atoms with Gasteiger partial charge in [0, 0.05) is 24.6 Å². The van der Waals surface area contributed by atoms with Crippen molar-refractivity contribution in [3.63, 3.8) is 0 Å². The van der Waals surface area contributed by atoms with Crippen LogP contribution in [-0.2, 0) is 0 Å². The maximum atomic E-state index is 4.66. The van der Waals surface area contributed by atoms with Crippen molar-refractivity contribution >= 4 is 11.6 Å². The molecular weight excluding hydrogens is 224 g/mol. The van der Waals surface area contributed by atoms with E-state index in [0.29, 0.717) is 12.0 Å². The fraction of sp³-hybridized carbons (Fsp3) is 0.714. The fourth-order valence-corrected chi connectivity index (χ4v) is 2.40. The molecule has 2 saturated carbocycles. The third-order valence-corrected chi connectivity index (χ3v) is 3.82. The largest absolute Gasteiger partial charge is 0.370 e. The van der Waals surface area contributed by atoms with Gasteiger partial charge in [0.2, 0.25) is 0 Å². The lowest BCUT2D eigenvalue weighted by Crippen LogP contribution is -2.10. The summed E-state index contributed by atoms with van der Waals surface area (Å²) in [6.07, 6.45) is 5.04. The molecule has 1 heterocycles. The first-order valence-electron chi connectivity index (χ1n) is 7.19. The van der Waals surface area contributed by atoms with E-state index in [9.17, 15) is 0 Å². The highest BCUT2D eigenvalue weighted by Crippen LogP contribution is 2.40. The Morgan fingerprint density at radius 3 is 2.61 bits per heavy atom. The molecule has 0 aliphatic heterocycles. The molecule has 2 N–H and O–H groups in total. The predicted molar refractivity (Wildman–Crippen MR) is 74.0 cm³/mol. The summed E-state index contributed by atoms with van der Waals surface area (Å²) in [6, 6.07) is 2.67. The Balaban J connectivity index is 1.74. The van der Waals surface area contributed by atoms with E-state index >= 15 is 0 Å². The second-order valence-corrected chi connectivity index (χ2v) is 5.46. The molecule has 0 radical (unpaired) electrons. The maximum absolute atomic E-state index is 4.66. The smallest absolute Gasteiger partial charge is 0.136 e. The van der Waals surface area contributed by atoms with E-state index in [0.717, 1.165) is 29.9 Å². The summed E-state index contributed by atoms with van der Waals surface area (Å²) in [4.78, 5) is 9.25. The molecule has 18 heavy (non-hydrogen) atoms. The third-order valence-electron chi connectivity index (χ3n) is 3.82. The number of anilines is 2. The molecule has 2 unspecified atom stereocenters. The number of aromatic nitrogens is 2. The quantitative estimate of drug-likeness (QED) is 0.810. The van der Waals surface area contributed by atoms with Crippen molar-refractivity contribution in [2.45, 2.75) is 51.5 Å². The number of nitrogens with one attached hydrogen (secondary N) is 2. The van der Waals surface area contributed by atoms with Crippen molar-refractivity contribution < 1.29 is 0 Å². The van der Waals surface area contributed by atoms with Crippen molar-refractivity contribution in [3.8, 4) is 0 Å². The minimum absolute atomic E-state index is 0.602. The normalized spacial score (nSPS) is 25.9. The molecule has 0 amide bonds. The number of nitrogens with zero attached hydrogens (tertiary/aromatic N) is 2.